The second kappa shape index (κ2) is 15.3. The van der Waals surface area contributed by atoms with E-state index in [2.05, 4.69) is 30.2 Å². The summed E-state index contributed by atoms with van der Waals surface area (Å²) in [6, 6.07) is 0. The molecule has 0 saturated heterocycles. The Morgan fingerprint density at radius 1 is 1.29 bits per heavy atom. The van der Waals surface area contributed by atoms with Crippen LogP contribution in [0.25, 0.3) is 0 Å². The predicted octanol–water partition coefficient (Wildman–Crippen LogP) is 0.838. The molecular weight excluding hydrogens is 308 g/mol. The van der Waals surface area contributed by atoms with E-state index >= 15 is 0 Å². The normalized spacial score (nSPS) is 7.00. The van der Waals surface area contributed by atoms with Gasteiger partial charge in [0, 0.05) is 13.1 Å². The Balaban J connectivity index is -0.000000170. The summed E-state index contributed by atoms with van der Waals surface area (Å²) >= 11 is 9.07. The maximum atomic E-state index is 8.67. The topological polar surface area (TPSA) is 86.8 Å². The van der Waals surface area contributed by atoms with Gasteiger partial charge < -0.3 is 20.8 Å². The molecule has 0 unspecified atom stereocenters. The zero-order chi connectivity index (χ0) is 12.1. The van der Waals surface area contributed by atoms with Crippen molar-refractivity contribution >= 4 is 34.8 Å². The van der Waals surface area contributed by atoms with Crippen LogP contribution in [0, 0.1) is 0 Å². The van der Waals surface area contributed by atoms with Gasteiger partial charge in [0.1, 0.15) is 0 Å². The van der Waals surface area contributed by atoms with Gasteiger partial charge in [0.05, 0.1) is 0 Å². The standard InChI is InChI=1S/C5H11NOS.CH3NOS.Mo.O/c1-3-6(4-2)5(7)8;2-1(3)4;;/h3-4H2,1-2H3,(H,7,8);(H3,2,3,4);;. The van der Waals surface area contributed by atoms with Gasteiger partial charge in [0.15, 0.2) is 0 Å². The van der Waals surface area contributed by atoms with Gasteiger partial charge in [-0.2, -0.15) is 0 Å². The van der Waals surface area contributed by atoms with Crippen LogP contribution in [0.3, 0.4) is 0 Å². The fourth-order valence-corrected chi connectivity index (χ4v) is 0.752. The van der Waals surface area contributed by atoms with E-state index in [1.807, 2.05) is 13.8 Å². The Bertz CT molecular complexity index is 163. The summed E-state index contributed by atoms with van der Waals surface area (Å²) in [5.74, 6) is 0. The number of thiocarbonyl (C=S) groups is 2. The Morgan fingerprint density at radius 3 is 1.50 bits per heavy atom. The van der Waals surface area contributed by atoms with Crippen molar-refractivity contribution in [2.45, 2.75) is 13.8 Å². The summed E-state index contributed by atoms with van der Waals surface area (Å²) in [6.07, 6.45) is 0. The van der Waals surface area contributed by atoms with Crippen molar-refractivity contribution in [2.24, 2.45) is 5.73 Å². The first-order valence-corrected chi connectivity index (χ1v) is 5.22. The molecule has 0 heterocycles. The molecule has 0 aromatic rings. The van der Waals surface area contributed by atoms with Crippen molar-refractivity contribution < 1.29 is 33.4 Å². The van der Waals surface area contributed by atoms with Crippen molar-refractivity contribution in [3.8, 4) is 0 Å². The van der Waals surface area contributed by atoms with Crippen molar-refractivity contribution in [2.75, 3.05) is 13.1 Å². The van der Waals surface area contributed by atoms with Crippen LogP contribution in [-0.4, -0.2) is 38.6 Å². The van der Waals surface area contributed by atoms with E-state index in [1.54, 1.807) is 4.90 Å². The van der Waals surface area contributed by atoms with Gasteiger partial charge in [-0.05, 0) is 38.3 Å². The van der Waals surface area contributed by atoms with E-state index in [-0.39, 0.29) is 5.17 Å². The summed E-state index contributed by atoms with van der Waals surface area (Å²) in [5.41, 5.74) is 4.40. The van der Waals surface area contributed by atoms with Crippen molar-refractivity contribution in [1.82, 2.24) is 4.90 Å². The first-order chi connectivity index (χ1) is 6.45. The Morgan fingerprint density at radius 2 is 1.50 bits per heavy atom. The summed E-state index contributed by atoms with van der Waals surface area (Å²) in [5, 5.41) is 15.7. The zero-order valence-corrected chi connectivity index (χ0v) is 11.6. The molecule has 0 aliphatic rings. The van der Waals surface area contributed by atoms with E-state index in [0.29, 0.717) is 19.8 Å². The molecule has 0 fully saturated rings. The molecule has 0 aromatic carbocycles. The monoisotopic (exact) mass is 324 g/mol. The van der Waals surface area contributed by atoms with E-state index in [0.717, 1.165) is 13.1 Å². The van der Waals surface area contributed by atoms with Gasteiger partial charge in [0.25, 0.3) is 10.3 Å². The van der Waals surface area contributed by atoms with Gasteiger partial charge in [0.2, 0.25) is 0 Å². The number of nitrogens with two attached hydrogens (primary N) is 1. The molecule has 0 amide bonds. The Labute approximate surface area is 105 Å². The number of hydrogen-bond donors (Lipinski definition) is 3. The summed E-state index contributed by atoms with van der Waals surface area (Å²) in [6.45, 7) is 5.47. The average Bonchev–Trinajstić information content (AvgIpc) is 2.08. The van der Waals surface area contributed by atoms with Crippen LogP contribution in [0.15, 0.2) is 0 Å². The molecule has 0 bridgehead atoms. The van der Waals surface area contributed by atoms with Gasteiger partial charge in [-0.15, -0.1) is 0 Å². The van der Waals surface area contributed by atoms with Crippen LogP contribution < -0.4 is 5.73 Å². The number of hydrogen-bond acceptors (Lipinski definition) is 3. The second-order valence-electron chi connectivity index (χ2n) is 1.79. The molecule has 0 aliphatic heterocycles. The van der Waals surface area contributed by atoms with Crippen molar-refractivity contribution in [3.05, 3.63) is 0 Å². The van der Waals surface area contributed by atoms with Crippen LogP contribution >= 0.6 is 24.4 Å². The van der Waals surface area contributed by atoms with Gasteiger partial charge >= 0.3 is 23.2 Å². The van der Waals surface area contributed by atoms with Gasteiger partial charge in [-0.1, -0.05) is 0 Å². The van der Waals surface area contributed by atoms with Crippen LogP contribution in [0.4, 0.5) is 0 Å². The van der Waals surface area contributed by atoms with Crippen molar-refractivity contribution in [1.29, 1.82) is 0 Å². The molecule has 8 heteroatoms. The molecule has 0 atom stereocenters. The third kappa shape index (κ3) is 22.6. The third-order valence-corrected chi connectivity index (χ3v) is 1.29. The molecule has 0 rings (SSSR count). The minimum absolute atomic E-state index is 0.00463. The molecule has 0 spiro atoms. The molecular formula is C6H14MoN2O3S2. The molecule has 84 valence electrons. The van der Waals surface area contributed by atoms with E-state index in [4.69, 9.17) is 13.6 Å². The van der Waals surface area contributed by atoms with Crippen LogP contribution in [-0.2, 0) is 23.2 Å². The van der Waals surface area contributed by atoms with Crippen molar-refractivity contribution in [3.63, 3.8) is 0 Å². The van der Waals surface area contributed by atoms with Crippen LogP contribution in [0.1, 0.15) is 13.8 Å². The first-order valence-electron chi connectivity index (χ1n) is 3.58. The summed E-state index contributed by atoms with van der Waals surface area (Å²) < 4.78 is 8.26. The van der Waals surface area contributed by atoms with E-state index < -0.39 is 5.17 Å². The zero-order valence-electron chi connectivity index (χ0n) is 7.97. The fraction of sp³-hybridized carbons (Fsp3) is 0.667. The van der Waals surface area contributed by atoms with Gasteiger partial charge in [-0.3, -0.25) is 0 Å². The average molecular weight is 322 g/mol. The van der Waals surface area contributed by atoms with E-state index in [1.165, 1.54) is 0 Å². The number of aliphatic hydroxyl groups excluding tert-OH is 2. The van der Waals surface area contributed by atoms with E-state index in [9.17, 15) is 0 Å². The maximum absolute atomic E-state index is 8.67. The second-order valence-corrected chi connectivity index (χ2v) is 2.58. The molecule has 0 saturated carbocycles. The number of rotatable bonds is 2. The third-order valence-electron chi connectivity index (χ3n) is 1.03. The molecule has 4 N–H and O–H groups in total. The summed E-state index contributed by atoms with van der Waals surface area (Å²) in [7, 11) is 0. The molecule has 14 heavy (non-hydrogen) atoms. The molecule has 0 aliphatic carbocycles. The predicted molar refractivity (Wildman–Crippen MR) is 58.2 cm³/mol. The van der Waals surface area contributed by atoms with Crippen LogP contribution in [0.5, 0.6) is 0 Å². The van der Waals surface area contributed by atoms with Crippen LogP contribution in [0.2, 0.25) is 0 Å². The Hall–Kier alpha value is -0.132. The molecule has 0 radical (unpaired) electrons. The first kappa shape index (κ1) is 19.4. The fourth-order valence-electron chi connectivity index (χ4n) is 0.494. The number of nitrogens with zero attached hydrogens (tertiary/aromatic N) is 1. The summed E-state index contributed by atoms with van der Waals surface area (Å²) in [4.78, 5) is 1.70. The molecule has 5 nitrogen and oxygen atoms in total. The SMILES string of the molecule is CCN(CC)C(O)=S.NC(O)=S.[O]=[Mo]. The Kier molecular flexibility index (Phi) is 21.3. The minimum atomic E-state index is -0.500. The number of aliphatic hydroxyl groups is 2. The molecule has 0 aromatic heterocycles. The van der Waals surface area contributed by atoms with Gasteiger partial charge in [-0.25, -0.2) is 0 Å². The quantitative estimate of drug-likeness (QED) is 0.513.